The van der Waals surface area contributed by atoms with Crippen LogP contribution in [0.2, 0.25) is 0 Å². The Labute approximate surface area is 127 Å². The summed E-state index contributed by atoms with van der Waals surface area (Å²) >= 11 is 0. The van der Waals surface area contributed by atoms with Crippen molar-refractivity contribution in [3.8, 4) is 0 Å². The lowest BCUT2D eigenvalue weighted by molar-refractivity contribution is 0.00539. The predicted octanol–water partition coefficient (Wildman–Crippen LogP) is 2.71. The third-order valence-electron chi connectivity index (χ3n) is 4.97. The number of aryl methyl sites for hydroxylation is 1. The average Bonchev–Trinajstić information content (AvgIpc) is 2.69. The van der Waals surface area contributed by atoms with Gasteiger partial charge in [0.15, 0.2) is 0 Å². The highest BCUT2D eigenvalue weighted by Gasteiger charge is 2.32. The summed E-state index contributed by atoms with van der Waals surface area (Å²) in [6, 6.07) is 8.48. The number of fused-ring (bicyclic) bond motifs is 1. The number of ether oxygens (including phenoxy) is 1. The summed E-state index contributed by atoms with van der Waals surface area (Å²) < 4.78 is 5.39. The molecule has 0 unspecified atom stereocenters. The van der Waals surface area contributed by atoms with Crippen molar-refractivity contribution in [3.05, 3.63) is 35.4 Å². The highest BCUT2D eigenvalue weighted by Crippen LogP contribution is 2.37. The molecule has 0 radical (unpaired) electrons. The summed E-state index contributed by atoms with van der Waals surface area (Å²) in [7, 11) is 0. The van der Waals surface area contributed by atoms with Gasteiger partial charge in [0, 0.05) is 13.1 Å². The minimum Gasteiger partial charge on any atom is -0.385 e. The molecule has 1 fully saturated rings. The Morgan fingerprint density at radius 1 is 1.14 bits per heavy atom. The van der Waals surface area contributed by atoms with Crippen LogP contribution in [0.15, 0.2) is 24.3 Å². The van der Waals surface area contributed by atoms with Crippen molar-refractivity contribution in [3.63, 3.8) is 0 Å². The largest absolute Gasteiger partial charge is 0.385 e. The molecule has 1 atom stereocenters. The fourth-order valence-corrected chi connectivity index (χ4v) is 3.74. The van der Waals surface area contributed by atoms with E-state index in [0.717, 1.165) is 65.0 Å². The lowest BCUT2D eigenvalue weighted by atomic mass is 9.84. The second kappa shape index (κ2) is 6.91. The first-order valence-corrected chi connectivity index (χ1v) is 8.39. The number of aliphatic hydroxyl groups is 1. The fraction of sp³-hybridized carbons (Fsp3) is 0.667. The van der Waals surface area contributed by atoms with Crippen LogP contribution in [-0.2, 0) is 16.8 Å². The summed E-state index contributed by atoms with van der Waals surface area (Å²) in [6.45, 7) is 4.86. The summed E-state index contributed by atoms with van der Waals surface area (Å²) in [5, 5.41) is 11.2. The first-order valence-electron chi connectivity index (χ1n) is 8.39. The quantitative estimate of drug-likeness (QED) is 0.865. The molecule has 0 bridgehead atoms. The molecule has 0 saturated carbocycles. The lowest BCUT2D eigenvalue weighted by Crippen LogP contribution is -2.37. The molecule has 0 amide bonds. The van der Waals surface area contributed by atoms with E-state index in [4.69, 9.17) is 4.74 Å². The molecule has 1 N–H and O–H groups in total. The van der Waals surface area contributed by atoms with Crippen molar-refractivity contribution in [2.45, 2.75) is 44.1 Å². The Balaban J connectivity index is 1.62. The van der Waals surface area contributed by atoms with Gasteiger partial charge in [-0.25, -0.2) is 0 Å². The summed E-state index contributed by atoms with van der Waals surface area (Å²) in [6.07, 6.45) is 6.28. The zero-order valence-electron chi connectivity index (χ0n) is 12.9. The van der Waals surface area contributed by atoms with E-state index < -0.39 is 5.60 Å². The molecule has 2 aliphatic rings. The van der Waals surface area contributed by atoms with Crippen LogP contribution in [0.5, 0.6) is 0 Å². The third kappa shape index (κ3) is 3.65. The Hall–Kier alpha value is -0.900. The summed E-state index contributed by atoms with van der Waals surface area (Å²) in [4.78, 5) is 2.45. The smallest absolute Gasteiger partial charge is 0.0899 e. The number of hydrogen-bond acceptors (Lipinski definition) is 3. The Bertz CT molecular complexity index is 456. The monoisotopic (exact) mass is 289 g/mol. The molecule has 0 spiro atoms. The average molecular weight is 289 g/mol. The van der Waals surface area contributed by atoms with E-state index in [9.17, 15) is 5.11 Å². The summed E-state index contributed by atoms with van der Waals surface area (Å²) in [5.74, 6) is 0. The third-order valence-corrected chi connectivity index (χ3v) is 4.97. The number of hydrogen-bond donors (Lipinski definition) is 1. The van der Waals surface area contributed by atoms with E-state index in [2.05, 4.69) is 29.2 Å². The SMILES string of the molecule is O[C@@]1(CCCN2CCOCC2)CCCCc2ccccc21. The molecular weight excluding hydrogens is 262 g/mol. The zero-order valence-corrected chi connectivity index (χ0v) is 12.9. The topological polar surface area (TPSA) is 32.7 Å². The van der Waals surface area contributed by atoms with Crippen LogP contribution in [0.1, 0.15) is 43.2 Å². The number of nitrogens with zero attached hydrogens (tertiary/aromatic N) is 1. The minimum absolute atomic E-state index is 0.612. The predicted molar refractivity (Wildman–Crippen MR) is 84.4 cm³/mol. The zero-order chi connectivity index (χ0) is 14.5. The molecule has 1 aromatic carbocycles. The van der Waals surface area contributed by atoms with Gasteiger partial charge in [0.2, 0.25) is 0 Å². The van der Waals surface area contributed by atoms with Crippen LogP contribution < -0.4 is 0 Å². The van der Waals surface area contributed by atoms with E-state index in [1.54, 1.807) is 0 Å². The summed E-state index contributed by atoms with van der Waals surface area (Å²) in [5.41, 5.74) is 1.92. The number of benzene rings is 1. The Kier molecular flexibility index (Phi) is 4.94. The van der Waals surface area contributed by atoms with Crippen molar-refractivity contribution >= 4 is 0 Å². The molecule has 3 rings (SSSR count). The Morgan fingerprint density at radius 2 is 1.95 bits per heavy atom. The van der Waals surface area contributed by atoms with Gasteiger partial charge in [-0.2, -0.15) is 0 Å². The van der Waals surface area contributed by atoms with Crippen molar-refractivity contribution in [2.75, 3.05) is 32.8 Å². The van der Waals surface area contributed by atoms with Crippen LogP contribution in [0.3, 0.4) is 0 Å². The fourth-order valence-electron chi connectivity index (χ4n) is 3.74. The molecule has 21 heavy (non-hydrogen) atoms. The van der Waals surface area contributed by atoms with E-state index in [-0.39, 0.29) is 0 Å². The Morgan fingerprint density at radius 3 is 2.81 bits per heavy atom. The number of morpholine rings is 1. The van der Waals surface area contributed by atoms with Gasteiger partial charge in [-0.1, -0.05) is 24.3 Å². The second-order valence-corrected chi connectivity index (χ2v) is 6.45. The van der Waals surface area contributed by atoms with Gasteiger partial charge >= 0.3 is 0 Å². The van der Waals surface area contributed by atoms with Gasteiger partial charge in [0.05, 0.1) is 18.8 Å². The van der Waals surface area contributed by atoms with Crippen LogP contribution in [0, 0.1) is 0 Å². The molecule has 116 valence electrons. The molecule has 0 aromatic heterocycles. The van der Waals surface area contributed by atoms with Crippen molar-refractivity contribution in [1.29, 1.82) is 0 Å². The molecule has 1 heterocycles. The molecule has 1 aliphatic heterocycles. The van der Waals surface area contributed by atoms with Gasteiger partial charge < -0.3 is 9.84 Å². The molecule has 1 aromatic rings. The van der Waals surface area contributed by atoms with E-state index >= 15 is 0 Å². The van der Waals surface area contributed by atoms with Crippen LogP contribution in [0.25, 0.3) is 0 Å². The van der Waals surface area contributed by atoms with Gasteiger partial charge in [0.1, 0.15) is 0 Å². The maximum Gasteiger partial charge on any atom is 0.0899 e. The molecule has 1 saturated heterocycles. The van der Waals surface area contributed by atoms with Crippen molar-refractivity contribution in [1.82, 2.24) is 4.90 Å². The number of rotatable bonds is 4. The molecule has 1 aliphatic carbocycles. The van der Waals surface area contributed by atoms with E-state index in [0.29, 0.717) is 0 Å². The first kappa shape index (κ1) is 15.0. The first-order chi connectivity index (χ1) is 10.3. The van der Waals surface area contributed by atoms with E-state index in [1.165, 1.54) is 17.5 Å². The molecular formula is C18H27NO2. The maximum absolute atomic E-state index is 11.2. The minimum atomic E-state index is -0.612. The van der Waals surface area contributed by atoms with E-state index in [1.807, 2.05) is 0 Å². The van der Waals surface area contributed by atoms with Gasteiger partial charge in [-0.15, -0.1) is 0 Å². The van der Waals surface area contributed by atoms with Gasteiger partial charge in [-0.05, 0) is 56.2 Å². The normalized spacial score (nSPS) is 27.1. The lowest BCUT2D eigenvalue weighted by Gasteiger charge is -2.31. The maximum atomic E-state index is 11.2. The van der Waals surface area contributed by atoms with Crippen LogP contribution in [0.4, 0.5) is 0 Å². The van der Waals surface area contributed by atoms with Crippen LogP contribution in [-0.4, -0.2) is 42.9 Å². The van der Waals surface area contributed by atoms with Crippen LogP contribution >= 0.6 is 0 Å². The van der Waals surface area contributed by atoms with Gasteiger partial charge in [0.25, 0.3) is 0 Å². The highest BCUT2D eigenvalue weighted by atomic mass is 16.5. The second-order valence-electron chi connectivity index (χ2n) is 6.45. The molecule has 3 nitrogen and oxygen atoms in total. The molecule has 3 heteroatoms. The standard InChI is InChI=1S/C18H27NO2/c20-18(10-5-11-19-12-14-21-15-13-19)9-4-3-7-16-6-1-2-8-17(16)18/h1-2,6,8,20H,3-5,7,9-15H2/t18-/m1/s1. The van der Waals surface area contributed by atoms with Gasteiger partial charge in [-0.3, -0.25) is 4.90 Å². The highest BCUT2D eigenvalue weighted by molar-refractivity contribution is 5.33. The van der Waals surface area contributed by atoms with Crippen molar-refractivity contribution in [2.24, 2.45) is 0 Å². The van der Waals surface area contributed by atoms with Crippen molar-refractivity contribution < 1.29 is 9.84 Å².